The van der Waals surface area contributed by atoms with Crippen LogP contribution in [0.15, 0.2) is 10.9 Å². The van der Waals surface area contributed by atoms with E-state index in [0.29, 0.717) is 31.8 Å². The molecule has 0 radical (unpaired) electrons. The van der Waals surface area contributed by atoms with E-state index in [9.17, 15) is 19.2 Å². The first kappa shape index (κ1) is 26.3. The van der Waals surface area contributed by atoms with Gasteiger partial charge in [0.05, 0.1) is 16.1 Å². The lowest BCUT2D eigenvalue weighted by molar-refractivity contribution is -0.143. The Morgan fingerprint density at radius 2 is 1.78 bits per heavy atom. The molecule has 1 aromatic rings. The lowest BCUT2D eigenvalue weighted by Gasteiger charge is -2.46. The quantitative estimate of drug-likeness (QED) is 0.532. The van der Waals surface area contributed by atoms with Crippen molar-refractivity contribution in [1.29, 1.82) is 0 Å². The second kappa shape index (κ2) is 10.3. The maximum absolute atomic E-state index is 13.3. The molecule has 1 atom stereocenters. The van der Waals surface area contributed by atoms with E-state index in [-0.39, 0.29) is 46.6 Å². The van der Waals surface area contributed by atoms with Crippen LogP contribution in [-0.2, 0) is 9.59 Å². The van der Waals surface area contributed by atoms with Gasteiger partial charge in [-0.05, 0) is 51.3 Å². The van der Waals surface area contributed by atoms with E-state index >= 15 is 0 Å². The van der Waals surface area contributed by atoms with Gasteiger partial charge in [-0.15, -0.1) is 0 Å². The fourth-order valence-corrected chi connectivity index (χ4v) is 4.72. The Hall–Kier alpha value is -1.99. The minimum absolute atomic E-state index is 0.0306. The number of carbonyl (C=O) groups is 3. The number of hydrogen-bond donors (Lipinski definition) is 2. The first-order chi connectivity index (χ1) is 14.8. The van der Waals surface area contributed by atoms with Crippen molar-refractivity contribution in [1.82, 2.24) is 9.88 Å². The zero-order chi connectivity index (χ0) is 24.3. The molecule has 7 nitrogen and oxygen atoms in total. The summed E-state index contributed by atoms with van der Waals surface area (Å²) in [5.74, 6) is 0.284. The molecule has 0 bridgehead atoms. The van der Waals surface area contributed by atoms with Crippen molar-refractivity contribution in [3.63, 3.8) is 0 Å². The third-order valence-electron chi connectivity index (χ3n) is 6.52. The molecule has 178 valence electrons. The van der Waals surface area contributed by atoms with Crippen molar-refractivity contribution in [2.45, 2.75) is 78.7 Å². The second-order valence-electron chi connectivity index (χ2n) is 10.1. The molecule has 3 N–H and O–H groups in total. The Morgan fingerprint density at radius 3 is 2.31 bits per heavy atom. The van der Waals surface area contributed by atoms with Crippen LogP contribution in [0.5, 0.6) is 0 Å². The summed E-state index contributed by atoms with van der Waals surface area (Å²) in [4.78, 5) is 54.7. The molecule has 1 saturated heterocycles. The number of hydrogen-bond acceptors (Lipinski definition) is 6. The molecule has 1 aliphatic rings. The van der Waals surface area contributed by atoms with Gasteiger partial charge in [-0.3, -0.25) is 24.1 Å². The van der Waals surface area contributed by atoms with Crippen LogP contribution in [0.3, 0.4) is 0 Å². The molecule has 32 heavy (non-hydrogen) atoms. The normalized spacial score (nSPS) is 17.7. The number of anilines is 1. The summed E-state index contributed by atoms with van der Waals surface area (Å²) in [5, 5.41) is 0.158. The number of nitrogen functional groups attached to an aromatic ring is 1. The number of aromatic nitrogens is 1. The summed E-state index contributed by atoms with van der Waals surface area (Å²) in [6.07, 6.45) is 3.22. The number of rotatable bonds is 9. The van der Waals surface area contributed by atoms with Crippen molar-refractivity contribution in [3.8, 4) is 0 Å². The molecule has 1 unspecified atom stereocenters. The zero-order valence-electron chi connectivity index (χ0n) is 19.8. The molecular formula is C24H36ClN3O4. The molecule has 0 aromatic carbocycles. The van der Waals surface area contributed by atoms with Gasteiger partial charge >= 0.3 is 0 Å². The van der Waals surface area contributed by atoms with E-state index in [1.165, 1.54) is 6.07 Å². The van der Waals surface area contributed by atoms with Crippen LogP contribution < -0.4 is 11.3 Å². The topological polar surface area (TPSA) is 113 Å². The molecule has 0 saturated carbocycles. The van der Waals surface area contributed by atoms with E-state index in [4.69, 9.17) is 17.3 Å². The SMILES string of the molecule is CCC(=O)CC(C)(C(=O)C(C)(C)C)N1CCC(CCC(=O)c2cc(Cl)c(N)[nH]c2=O)CC1. The summed E-state index contributed by atoms with van der Waals surface area (Å²) in [6.45, 7) is 10.8. The van der Waals surface area contributed by atoms with E-state index < -0.39 is 16.5 Å². The van der Waals surface area contributed by atoms with Gasteiger partial charge in [0.1, 0.15) is 11.6 Å². The van der Waals surface area contributed by atoms with Gasteiger partial charge in [0.2, 0.25) is 0 Å². The van der Waals surface area contributed by atoms with Crippen LogP contribution in [0.1, 0.15) is 83.5 Å². The van der Waals surface area contributed by atoms with Crippen molar-refractivity contribution in [3.05, 3.63) is 27.0 Å². The molecule has 1 fully saturated rings. The van der Waals surface area contributed by atoms with Crippen LogP contribution in [-0.4, -0.2) is 45.9 Å². The van der Waals surface area contributed by atoms with Gasteiger partial charge in [0, 0.05) is 24.7 Å². The Balaban J connectivity index is 2.02. The number of halogens is 1. The van der Waals surface area contributed by atoms with Crippen LogP contribution in [0.4, 0.5) is 5.82 Å². The molecule has 0 amide bonds. The molecule has 0 spiro atoms. The molecule has 1 aliphatic heterocycles. The number of nitrogens with zero attached hydrogens (tertiary/aromatic N) is 1. The summed E-state index contributed by atoms with van der Waals surface area (Å²) >= 11 is 5.94. The average Bonchev–Trinajstić information content (AvgIpc) is 2.73. The van der Waals surface area contributed by atoms with E-state index in [1.54, 1.807) is 0 Å². The lowest BCUT2D eigenvalue weighted by Crippen LogP contribution is -2.59. The van der Waals surface area contributed by atoms with Gasteiger partial charge in [-0.25, -0.2) is 0 Å². The van der Waals surface area contributed by atoms with Crippen LogP contribution in [0.2, 0.25) is 5.02 Å². The predicted molar refractivity (Wildman–Crippen MR) is 127 cm³/mol. The fourth-order valence-electron chi connectivity index (χ4n) is 4.56. The Kier molecular flexibility index (Phi) is 8.45. The molecule has 0 aliphatic carbocycles. The number of nitrogens with one attached hydrogen (secondary N) is 1. The Bertz CT molecular complexity index is 926. The maximum atomic E-state index is 13.3. The second-order valence-corrected chi connectivity index (χ2v) is 10.5. The summed E-state index contributed by atoms with van der Waals surface area (Å²) in [6, 6.07) is 1.33. The third kappa shape index (κ3) is 6.07. The monoisotopic (exact) mass is 465 g/mol. The van der Waals surface area contributed by atoms with Crippen LogP contribution in [0, 0.1) is 11.3 Å². The van der Waals surface area contributed by atoms with E-state index in [2.05, 4.69) is 9.88 Å². The number of ketones is 3. The minimum Gasteiger partial charge on any atom is -0.384 e. The lowest BCUT2D eigenvalue weighted by atomic mass is 9.74. The number of Topliss-reactive ketones (excluding diaryl/α,β-unsaturated/α-hetero) is 3. The van der Waals surface area contributed by atoms with Crippen LogP contribution in [0.25, 0.3) is 0 Å². The van der Waals surface area contributed by atoms with Crippen molar-refractivity contribution >= 4 is 34.8 Å². The largest absolute Gasteiger partial charge is 0.384 e. The van der Waals surface area contributed by atoms with Gasteiger partial charge in [0.25, 0.3) is 5.56 Å². The zero-order valence-corrected chi connectivity index (χ0v) is 20.6. The molecule has 1 aromatic heterocycles. The number of aromatic amines is 1. The first-order valence-corrected chi connectivity index (χ1v) is 11.7. The fraction of sp³-hybridized carbons (Fsp3) is 0.667. The summed E-state index contributed by atoms with van der Waals surface area (Å²) in [5.41, 5.74) is 3.71. The van der Waals surface area contributed by atoms with Gasteiger partial charge in [-0.1, -0.05) is 39.3 Å². The molecular weight excluding hydrogens is 430 g/mol. The van der Waals surface area contributed by atoms with Gasteiger partial charge in [0.15, 0.2) is 11.6 Å². The number of nitrogens with two attached hydrogens (primary N) is 1. The third-order valence-corrected chi connectivity index (χ3v) is 6.83. The highest BCUT2D eigenvalue weighted by Gasteiger charge is 2.46. The number of H-pyrrole nitrogens is 1. The number of piperidine rings is 1. The highest BCUT2D eigenvalue weighted by Crippen LogP contribution is 2.35. The Morgan fingerprint density at radius 1 is 1.19 bits per heavy atom. The minimum atomic E-state index is -0.819. The maximum Gasteiger partial charge on any atom is 0.260 e. The number of pyridine rings is 1. The standard InChI is InChI=1S/C24H36ClN3O4/c1-6-16(29)14-24(5,22(32)23(2,3)4)28-11-9-15(10-12-28)7-8-19(30)17-13-18(25)20(26)27-21(17)31/h13,15H,6-12,14H2,1-5H3,(H3,26,27,31). The highest BCUT2D eigenvalue weighted by molar-refractivity contribution is 6.33. The van der Waals surface area contributed by atoms with Crippen LogP contribution >= 0.6 is 11.6 Å². The Labute approximate surface area is 195 Å². The first-order valence-electron chi connectivity index (χ1n) is 11.3. The smallest absolute Gasteiger partial charge is 0.260 e. The highest BCUT2D eigenvalue weighted by atomic mass is 35.5. The average molecular weight is 466 g/mol. The van der Waals surface area contributed by atoms with Crippen molar-refractivity contribution < 1.29 is 14.4 Å². The van der Waals surface area contributed by atoms with Gasteiger partial charge in [-0.2, -0.15) is 0 Å². The van der Waals surface area contributed by atoms with E-state index in [0.717, 1.165) is 12.8 Å². The molecule has 8 heteroatoms. The van der Waals surface area contributed by atoms with E-state index in [1.807, 2.05) is 34.6 Å². The molecule has 2 rings (SSSR count). The van der Waals surface area contributed by atoms with Gasteiger partial charge < -0.3 is 10.7 Å². The van der Waals surface area contributed by atoms with Crippen molar-refractivity contribution in [2.75, 3.05) is 18.8 Å². The number of carbonyl (C=O) groups excluding carboxylic acids is 3. The number of likely N-dealkylation sites (tertiary alicyclic amines) is 1. The van der Waals surface area contributed by atoms with Crippen molar-refractivity contribution in [2.24, 2.45) is 11.3 Å². The predicted octanol–water partition coefficient (Wildman–Crippen LogP) is 4.03. The molecule has 2 heterocycles. The summed E-state index contributed by atoms with van der Waals surface area (Å²) in [7, 11) is 0. The summed E-state index contributed by atoms with van der Waals surface area (Å²) < 4.78 is 0.